The zero-order valence-corrected chi connectivity index (χ0v) is 20.4. The fourth-order valence-corrected chi connectivity index (χ4v) is 8.97. The van der Waals surface area contributed by atoms with E-state index in [9.17, 15) is 9.90 Å². The smallest absolute Gasteiger partial charge is 0.306 e. The van der Waals surface area contributed by atoms with Crippen molar-refractivity contribution >= 4 is 5.97 Å². The molecule has 0 radical (unpaired) electrons. The Morgan fingerprint density at radius 1 is 1.13 bits per heavy atom. The molecule has 1 aliphatic heterocycles. The summed E-state index contributed by atoms with van der Waals surface area (Å²) in [5.74, 6) is 4.05. The molecule has 0 aromatic carbocycles. The molecule has 1 N–H and O–H groups in total. The molecule has 1 saturated heterocycles. The molecule has 5 rings (SSSR count). The number of ether oxygens (including phenoxy) is 2. The number of carbonyl (C=O) groups is 1. The molecule has 4 aliphatic carbocycles. The van der Waals surface area contributed by atoms with Crippen molar-refractivity contribution in [3.8, 4) is 0 Å². The van der Waals surface area contributed by atoms with Crippen LogP contribution in [0.5, 0.6) is 0 Å². The largest absolute Gasteiger partial charge is 0.460 e. The highest BCUT2D eigenvalue weighted by Gasteiger charge is 2.75. The number of epoxide rings is 1. The number of rotatable bonds is 4. The van der Waals surface area contributed by atoms with E-state index in [4.69, 9.17) is 9.47 Å². The molecule has 5 aliphatic rings. The Morgan fingerprint density at radius 2 is 1.90 bits per heavy atom. The van der Waals surface area contributed by atoms with Gasteiger partial charge in [-0.25, -0.2) is 0 Å². The van der Waals surface area contributed by atoms with Gasteiger partial charge in [-0.3, -0.25) is 4.79 Å². The molecule has 0 aromatic heterocycles. The fraction of sp³-hybridized carbons (Fsp3) is 0.963. The summed E-state index contributed by atoms with van der Waals surface area (Å²) in [6.45, 7) is 10.7. The molecule has 10 atom stereocenters. The van der Waals surface area contributed by atoms with Gasteiger partial charge in [0.25, 0.3) is 0 Å². The van der Waals surface area contributed by atoms with E-state index >= 15 is 0 Å². The second kappa shape index (κ2) is 7.45. The normalized spacial score (nSPS) is 49.3. The minimum atomic E-state index is -0.398. The minimum absolute atomic E-state index is 0.0610. The van der Waals surface area contributed by atoms with Crippen LogP contribution in [-0.2, 0) is 14.3 Å². The number of aliphatic hydroxyl groups excluding tert-OH is 1. The van der Waals surface area contributed by atoms with E-state index < -0.39 is 5.60 Å². The van der Waals surface area contributed by atoms with Gasteiger partial charge in [0, 0.05) is 6.42 Å². The van der Waals surface area contributed by atoms with Crippen LogP contribution in [0.4, 0.5) is 0 Å². The second-order valence-electron chi connectivity index (χ2n) is 13.1. The monoisotopic (exact) mass is 432 g/mol. The molecule has 0 aromatic rings. The third-order valence-electron chi connectivity index (χ3n) is 10.4. The van der Waals surface area contributed by atoms with Gasteiger partial charge in [0.15, 0.2) is 0 Å². The molecule has 8 unspecified atom stereocenters. The van der Waals surface area contributed by atoms with Crippen molar-refractivity contribution in [2.24, 2.45) is 40.9 Å². The quantitative estimate of drug-likeness (QED) is 0.470. The molecule has 1 heterocycles. The zero-order valence-electron chi connectivity index (χ0n) is 20.4. The van der Waals surface area contributed by atoms with E-state index in [1.807, 2.05) is 20.8 Å². The number of hydrogen-bond acceptors (Lipinski definition) is 4. The van der Waals surface area contributed by atoms with Crippen molar-refractivity contribution in [2.75, 3.05) is 0 Å². The Hall–Kier alpha value is -0.610. The van der Waals surface area contributed by atoms with Gasteiger partial charge in [-0.15, -0.1) is 0 Å². The van der Waals surface area contributed by atoms with Gasteiger partial charge < -0.3 is 14.6 Å². The van der Waals surface area contributed by atoms with Gasteiger partial charge in [-0.1, -0.05) is 13.8 Å². The molecule has 31 heavy (non-hydrogen) atoms. The van der Waals surface area contributed by atoms with Crippen molar-refractivity contribution in [2.45, 2.75) is 122 Å². The van der Waals surface area contributed by atoms with Crippen molar-refractivity contribution in [3.05, 3.63) is 0 Å². The first-order chi connectivity index (χ1) is 14.5. The number of carbonyl (C=O) groups excluding carboxylic acids is 1. The lowest BCUT2D eigenvalue weighted by Crippen LogP contribution is -2.54. The molecular formula is C27H44O4. The zero-order chi connectivity index (χ0) is 22.2. The van der Waals surface area contributed by atoms with E-state index in [0.29, 0.717) is 35.7 Å². The maximum atomic E-state index is 12.3. The second-order valence-corrected chi connectivity index (χ2v) is 13.1. The molecule has 4 nitrogen and oxygen atoms in total. The Labute approximate surface area is 188 Å². The molecule has 1 spiro atoms. The van der Waals surface area contributed by atoms with Crippen LogP contribution in [0.2, 0.25) is 0 Å². The van der Waals surface area contributed by atoms with Gasteiger partial charge in [0.05, 0.1) is 12.2 Å². The highest BCUT2D eigenvalue weighted by Crippen LogP contribution is 2.72. The van der Waals surface area contributed by atoms with Gasteiger partial charge in [0.1, 0.15) is 11.2 Å². The summed E-state index contributed by atoms with van der Waals surface area (Å²) in [6, 6.07) is 0. The van der Waals surface area contributed by atoms with E-state index in [1.54, 1.807) is 0 Å². The van der Waals surface area contributed by atoms with Crippen LogP contribution in [0.15, 0.2) is 0 Å². The number of fused-ring (bicyclic) bond motifs is 4. The summed E-state index contributed by atoms with van der Waals surface area (Å²) in [4.78, 5) is 12.3. The molecule has 0 bridgehead atoms. The maximum absolute atomic E-state index is 12.3. The predicted molar refractivity (Wildman–Crippen MR) is 120 cm³/mol. The summed E-state index contributed by atoms with van der Waals surface area (Å²) in [5.41, 5.74) is 0.122. The SMILES string of the molecule is CC(CCC(=O)OC(C)(C)C)C1CCC2[C@H]3CCC4CC(O)CCC4(C)C3CC3O[C@@]312. The van der Waals surface area contributed by atoms with E-state index in [0.717, 1.165) is 37.0 Å². The van der Waals surface area contributed by atoms with Crippen LogP contribution in [0.3, 0.4) is 0 Å². The average molecular weight is 433 g/mol. The average Bonchev–Trinajstić information content (AvgIpc) is 3.27. The number of hydrogen-bond donors (Lipinski definition) is 1. The van der Waals surface area contributed by atoms with E-state index in [-0.39, 0.29) is 17.7 Å². The highest BCUT2D eigenvalue weighted by molar-refractivity contribution is 5.69. The van der Waals surface area contributed by atoms with Crippen molar-refractivity contribution in [1.82, 2.24) is 0 Å². The van der Waals surface area contributed by atoms with Gasteiger partial charge in [-0.2, -0.15) is 0 Å². The summed E-state index contributed by atoms with van der Waals surface area (Å²) < 4.78 is 12.2. The molecule has 176 valence electrons. The molecular weight excluding hydrogens is 388 g/mol. The first kappa shape index (κ1) is 22.2. The van der Waals surface area contributed by atoms with Crippen LogP contribution in [-0.4, -0.2) is 34.5 Å². The molecule has 4 heteroatoms. The Morgan fingerprint density at radius 3 is 2.65 bits per heavy atom. The molecule has 5 fully saturated rings. The van der Waals surface area contributed by atoms with Gasteiger partial charge in [0.2, 0.25) is 0 Å². The van der Waals surface area contributed by atoms with Gasteiger partial charge >= 0.3 is 5.97 Å². The Bertz CT molecular complexity index is 713. The summed E-state index contributed by atoms with van der Waals surface area (Å²) in [5, 5.41) is 10.3. The predicted octanol–water partition coefficient (Wildman–Crippen LogP) is 5.51. The third kappa shape index (κ3) is 3.59. The van der Waals surface area contributed by atoms with E-state index in [2.05, 4.69) is 13.8 Å². The van der Waals surface area contributed by atoms with Crippen molar-refractivity contribution in [3.63, 3.8) is 0 Å². The van der Waals surface area contributed by atoms with Crippen LogP contribution in [0.1, 0.15) is 98.8 Å². The molecule has 0 amide bonds. The minimum Gasteiger partial charge on any atom is -0.460 e. The van der Waals surface area contributed by atoms with E-state index in [1.165, 1.54) is 38.5 Å². The third-order valence-corrected chi connectivity index (χ3v) is 10.4. The van der Waals surface area contributed by atoms with Crippen LogP contribution >= 0.6 is 0 Å². The first-order valence-corrected chi connectivity index (χ1v) is 13.1. The van der Waals surface area contributed by atoms with Gasteiger partial charge in [-0.05, 0) is 119 Å². The maximum Gasteiger partial charge on any atom is 0.306 e. The van der Waals surface area contributed by atoms with Crippen LogP contribution in [0.25, 0.3) is 0 Å². The van der Waals surface area contributed by atoms with Crippen LogP contribution < -0.4 is 0 Å². The topological polar surface area (TPSA) is 59.1 Å². The Kier molecular flexibility index (Phi) is 5.33. The first-order valence-electron chi connectivity index (χ1n) is 13.1. The number of esters is 1. The van der Waals surface area contributed by atoms with Crippen LogP contribution in [0, 0.1) is 40.9 Å². The molecule has 4 saturated carbocycles. The fourth-order valence-electron chi connectivity index (χ4n) is 8.97. The summed E-state index contributed by atoms with van der Waals surface area (Å²) >= 11 is 0. The summed E-state index contributed by atoms with van der Waals surface area (Å²) in [6.07, 6.45) is 11.4. The highest BCUT2D eigenvalue weighted by atomic mass is 16.6. The standard InChI is InChI=1S/C27H44O4/c1-16(6-11-24(29)31-25(2,3)4)20-9-10-21-19-8-7-17-14-18(28)12-13-26(17,5)22(19)15-23-27(20,21)30-23/h16-23,28H,6-15H2,1-5H3/t16?,17?,18?,19-,20?,21?,22?,23?,26?,27+/m1/s1. The van der Waals surface area contributed by atoms with Crippen molar-refractivity contribution < 1.29 is 19.4 Å². The lowest BCUT2D eigenvalue weighted by molar-refractivity contribution is -0.155. The summed E-state index contributed by atoms with van der Waals surface area (Å²) in [7, 11) is 0. The number of aliphatic hydroxyl groups is 1. The van der Waals surface area contributed by atoms with Crippen molar-refractivity contribution in [1.29, 1.82) is 0 Å². The lowest BCUT2D eigenvalue weighted by atomic mass is 9.46. The lowest BCUT2D eigenvalue weighted by Gasteiger charge is -2.58. The Balaban J connectivity index is 1.26.